The first kappa shape index (κ1) is 11.6. The van der Waals surface area contributed by atoms with Crippen molar-refractivity contribution in [2.45, 2.75) is 26.2 Å². The number of nitrogens with one attached hydrogen (secondary N) is 1. The number of rotatable bonds is 4. The van der Waals surface area contributed by atoms with E-state index < -0.39 is 0 Å². The average molecular weight is 232 g/mol. The molecule has 0 aliphatic carbocycles. The number of anilines is 1. The Kier molecular flexibility index (Phi) is 3.42. The summed E-state index contributed by atoms with van der Waals surface area (Å²) in [7, 11) is 0. The minimum absolute atomic E-state index is 0.118. The number of imide groups is 1. The number of aryl methyl sites for hydroxylation is 1. The van der Waals surface area contributed by atoms with Crippen LogP contribution in [0.2, 0.25) is 0 Å². The summed E-state index contributed by atoms with van der Waals surface area (Å²) in [6, 6.07) is 7.48. The van der Waals surface area contributed by atoms with E-state index in [0.29, 0.717) is 0 Å². The fraction of sp³-hybridized carbons (Fsp3) is 0.385. The van der Waals surface area contributed by atoms with Gasteiger partial charge in [-0.25, -0.2) is 4.79 Å². The third-order valence-electron chi connectivity index (χ3n) is 2.86. The molecular weight excluding hydrogens is 216 g/mol. The third kappa shape index (κ3) is 2.64. The average Bonchev–Trinajstić information content (AvgIpc) is 2.66. The smallest absolute Gasteiger partial charge is 0.285 e. The van der Waals surface area contributed by atoms with E-state index in [4.69, 9.17) is 0 Å². The lowest BCUT2D eigenvalue weighted by atomic mass is 10.1. The van der Waals surface area contributed by atoms with E-state index in [1.54, 1.807) is 0 Å². The van der Waals surface area contributed by atoms with E-state index in [-0.39, 0.29) is 18.5 Å². The van der Waals surface area contributed by atoms with Gasteiger partial charge in [-0.05, 0) is 30.5 Å². The predicted molar refractivity (Wildman–Crippen MR) is 65.9 cm³/mol. The molecule has 0 bridgehead atoms. The summed E-state index contributed by atoms with van der Waals surface area (Å²) in [5.74, 6) is -0.245. The summed E-state index contributed by atoms with van der Waals surface area (Å²) >= 11 is 0. The SMILES string of the molecule is CCCCc1ccc(N2CC(=O)NC2=O)cc1. The van der Waals surface area contributed by atoms with Crippen molar-refractivity contribution in [3.05, 3.63) is 29.8 Å². The zero-order valence-electron chi connectivity index (χ0n) is 9.90. The first-order chi connectivity index (χ1) is 8.20. The molecule has 17 heavy (non-hydrogen) atoms. The monoisotopic (exact) mass is 232 g/mol. The molecular formula is C13H16N2O2. The second-order valence-electron chi connectivity index (χ2n) is 4.21. The van der Waals surface area contributed by atoms with Gasteiger partial charge in [0.05, 0.1) is 0 Å². The van der Waals surface area contributed by atoms with E-state index in [1.165, 1.54) is 23.3 Å². The van der Waals surface area contributed by atoms with Crippen molar-refractivity contribution in [3.8, 4) is 0 Å². The quantitative estimate of drug-likeness (QED) is 0.808. The molecule has 0 unspecified atom stereocenters. The van der Waals surface area contributed by atoms with Crippen LogP contribution < -0.4 is 10.2 Å². The Labute approximate surface area is 101 Å². The number of hydrogen-bond acceptors (Lipinski definition) is 2. The Balaban J connectivity index is 2.07. The second-order valence-corrected chi connectivity index (χ2v) is 4.21. The van der Waals surface area contributed by atoms with Gasteiger partial charge in [0.15, 0.2) is 0 Å². The molecule has 1 heterocycles. The van der Waals surface area contributed by atoms with Gasteiger partial charge < -0.3 is 0 Å². The van der Waals surface area contributed by atoms with E-state index in [0.717, 1.165) is 12.1 Å². The molecule has 2 rings (SSSR count). The summed E-state index contributed by atoms with van der Waals surface area (Å²) in [4.78, 5) is 24.0. The van der Waals surface area contributed by atoms with E-state index in [9.17, 15) is 9.59 Å². The van der Waals surface area contributed by atoms with Crippen LogP contribution in [-0.4, -0.2) is 18.5 Å². The highest BCUT2D eigenvalue weighted by molar-refractivity contribution is 6.12. The van der Waals surface area contributed by atoms with Crippen molar-refractivity contribution in [1.82, 2.24) is 5.32 Å². The van der Waals surface area contributed by atoms with Gasteiger partial charge in [-0.3, -0.25) is 15.0 Å². The van der Waals surface area contributed by atoms with Crippen LogP contribution in [0.25, 0.3) is 0 Å². The lowest BCUT2D eigenvalue weighted by Crippen LogP contribution is -2.27. The molecule has 90 valence electrons. The maximum Gasteiger partial charge on any atom is 0.329 e. The summed E-state index contributed by atoms with van der Waals surface area (Å²) in [5.41, 5.74) is 2.04. The van der Waals surface area contributed by atoms with Crippen LogP contribution >= 0.6 is 0 Å². The van der Waals surface area contributed by atoms with Crippen molar-refractivity contribution in [2.24, 2.45) is 0 Å². The van der Waals surface area contributed by atoms with Gasteiger partial charge in [0, 0.05) is 5.69 Å². The maximum absolute atomic E-state index is 11.4. The molecule has 0 aromatic heterocycles. The van der Waals surface area contributed by atoms with E-state index in [2.05, 4.69) is 12.2 Å². The number of nitrogens with zero attached hydrogens (tertiary/aromatic N) is 1. The standard InChI is InChI=1S/C13H16N2O2/c1-2-3-4-10-5-7-11(8-6-10)15-9-12(16)14-13(15)17/h5-8H,2-4,9H2,1H3,(H,14,16,17). The molecule has 0 saturated carbocycles. The maximum atomic E-state index is 11.4. The summed E-state index contributed by atoms with van der Waals surface area (Å²) < 4.78 is 0. The van der Waals surface area contributed by atoms with Crippen LogP contribution in [0.5, 0.6) is 0 Å². The van der Waals surface area contributed by atoms with Crippen LogP contribution in [0.15, 0.2) is 24.3 Å². The number of carbonyl (C=O) groups excluding carboxylic acids is 2. The van der Waals surface area contributed by atoms with Crippen LogP contribution in [0.1, 0.15) is 25.3 Å². The Morgan fingerprint density at radius 2 is 1.94 bits per heavy atom. The lowest BCUT2D eigenvalue weighted by Gasteiger charge is -2.13. The molecule has 1 saturated heterocycles. The fourth-order valence-corrected chi connectivity index (χ4v) is 1.87. The molecule has 3 amide bonds. The summed E-state index contributed by atoms with van der Waals surface area (Å²) in [5, 5.41) is 2.26. The number of unbranched alkanes of at least 4 members (excludes halogenated alkanes) is 1. The van der Waals surface area contributed by atoms with Gasteiger partial charge in [0.1, 0.15) is 6.54 Å². The normalized spacial score (nSPS) is 15.2. The van der Waals surface area contributed by atoms with Gasteiger partial charge in [0.2, 0.25) is 5.91 Å². The Morgan fingerprint density at radius 1 is 1.24 bits per heavy atom. The van der Waals surface area contributed by atoms with Gasteiger partial charge in [-0.2, -0.15) is 0 Å². The van der Waals surface area contributed by atoms with Gasteiger partial charge in [0.25, 0.3) is 0 Å². The van der Waals surface area contributed by atoms with Crippen molar-refractivity contribution < 1.29 is 9.59 Å². The second kappa shape index (κ2) is 4.99. The van der Waals surface area contributed by atoms with Gasteiger partial charge in [-0.15, -0.1) is 0 Å². The number of benzene rings is 1. The number of carbonyl (C=O) groups is 2. The first-order valence-electron chi connectivity index (χ1n) is 5.91. The topological polar surface area (TPSA) is 49.4 Å². The zero-order valence-corrected chi connectivity index (χ0v) is 9.90. The largest absolute Gasteiger partial charge is 0.329 e. The highest BCUT2D eigenvalue weighted by Crippen LogP contribution is 2.18. The third-order valence-corrected chi connectivity index (χ3v) is 2.86. The molecule has 0 spiro atoms. The Morgan fingerprint density at radius 3 is 2.47 bits per heavy atom. The highest BCUT2D eigenvalue weighted by atomic mass is 16.2. The zero-order chi connectivity index (χ0) is 12.3. The van der Waals surface area contributed by atoms with Crippen molar-refractivity contribution in [3.63, 3.8) is 0 Å². The molecule has 1 aromatic rings. The summed E-state index contributed by atoms with van der Waals surface area (Å²) in [6.45, 7) is 2.28. The highest BCUT2D eigenvalue weighted by Gasteiger charge is 2.27. The predicted octanol–water partition coefficient (Wildman–Crippen LogP) is 2.09. The number of urea groups is 1. The van der Waals surface area contributed by atoms with Crippen molar-refractivity contribution >= 4 is 17.6 Å². The minimum Gasteiger partial charge on any atom is -0.285 e. The molecule has 1 aromatic carbocycles. The van der Waals surface area contributed by atoms with Crippen LogP contribution in [0.3, 0.4) is 0 Å². The summed E-state index contributed by atoms with van der Waals surface area (Å²) in [6.07, 6.45) is 3.40. The Hall–Kier alpha value is -1.84. The van der Waals surface area contributed by atoms with Crippen molar-refractivity contribution in [1.29, 1.82) is 0 Å². The Bertz CT molecular complexity index is 426. The van der Waals surface area contributed by atoms with E-state index >= 15 is 0 Å². The fourth-order valence-electron chi connectivity index (χ4n) is 1.87. The molecule has 1 aliphatic heterocycles. The van der Waals surface area contributed by atoms with E-state index in [1.807, 2.05) is 24.3 Å². The molecule has 4 heteroatoms. The van der Waals surface area contributed by atoms with Crippen LogP contribution in [0, 0.1) is 0 Å². The van der Waals surface area contributed by atoms with Crippen molar-refractivity contribution in [2.75, 3.05) is 11.4 Å². The molecule has 1 N–H and O–H groups in total. The molecule has 0 radical (unpaired) electrons. The molecule has 1 aliphatic rings. The van der Waals surface area contributed by atoms with Gasteiger partial charge >= 0.3 is 6.03 Å². The first-order valence-corrected chi connectivity index (χ1v) is 5.91. The number of amides is 3. The lowest BCUT2D eigenvalue weighted by molar-refractivity contribution is -0.117. The molecule has 0 atom stereocenters. The molecule has 4 nitrogen and oxygen atoms in total. The molecule has 1 fully saturated rings. The van der Waals surface area contributed by atoms with Crippen LogP contribution in [-0.2, 0) is 11.2 Å². The van der Waals surface area contributed by atoms with Crippen LogP contribution in [0.4, 0.5) is 10.5 Å². The minimum atomic E-state index is -0.337. The van der Waals surface area contributed by atoms with Gasteiger partial charge in [-0.1, -0.05) is 25.5 Å². The number of hydrogen-bond donors (Lipinski definition) is 1.